The zero-order valence-electron chi connectivity index (χ0n) is 8.80. The van der Waals surface area contributed by atoms with Crippen molar-refractivity contribution in [1.29, 1.82) is 0 Å². The number of nitrogen functional groups attached to an aromatic ring is 1. The van der Waals surface area contributed by atoms with Crippen LogP contribution in [0.2, 0.25) is 0 Å². The highest BCUT2D eigenvalue weighted by atomic mass is 32.2. The van der Waals surface area contributed by atoms with E-state index in [9.17, 15) is 9.90 Å². The second kappa shape index (κ2) is 3.49. The Morgan fingerprint density at radius 2 is 2.35 bits per heavy atom. The third kappa shape index (κ3) is 1.39. The van der Waals surface area contributed by atoms with Gasteiger partial charge >= 0.3 is 5.30 Å². The lowest BCUT2D eigenvalue weighted by molar-refractivity contribution is -0.233. The Bertz CT molecular complexity index is 694. The van der Waals surface area contributed by atoms with Crippen LogP contribution in [0.3, 0.4) is 0 Å². The van der Waals surface area contributed by atoms with Gasteiger partial charge in [-0.1, -0.05) is 12.2 Å². The highest BCUT2D eigenvalue weighted by Crippen LogP contribution is 2.26. The first-order valence-electron chi connectivity index (χ1n) is 5.08. The molecule has 2 N–H and O–H groups in total. The van der Waals surface area contributed by atoms with Crippen molar-refractivity contribution in [2.75, 3.05) is 5.73 Å². The minimum Gasteiger partial charge on any atom is -0.500 e. The molecule has 5 heteroatoms. The van der Waals surface area contributed by atoms with Crippen LogP contribution < -0.4 is 20.6 Å². The summed E-state index contributed by atoms with van der Waals surface area (Å²) in [6, 6.07) is 1.72. The maximum Gasteiger partial charge on any atom is 0.303 e. The van der Waals surface area contributed by atoms with Gasteiger partial charge in [0, 0.05) is 11.6 Å². The summed E-state index contributed by atoms with van der Waals surface area (Å²) in [5.74, 6) is 0.763. The molecule has 1 aliphatic heterocycles. The van der Waals surface area contributed by atoms with Crippen LogP contribution in [-0.2, 0) is 4.74 Å². The van der Waals surface area contributed by atoms with Crippen molar-refractivity contribution in [3.63, 3.8) is 0 Å². The van der Waals surface area contributed by atoms with Gasteiger partial charge in [0.25, 0.3) is 0 Å². The number of nitrogens with two attached hydrogens (primary N) is 1. The van der Waals surface area contributed by atoms with Gasteiger partial charge in [-0.05, 0) is 12.5 Å². The molecule has 1 unspecified atom stereocenters. The van der Waals surface area contributed by atoms with Crippen molar-refractivity contribution in [2.45, 2.75) is 6.42 Å². The maximum atomic E-state index is 11.1. The van der Waals surface area contributed by atoms with E-state index in [1.165, 1.54) is 6.26 Å². The molecule has 0 radical (unpaired) electrons. The third-order valence-corrected chi connectivity index (χ3v) is 4.47. The summed E-state index contributed by atoms with van der Waals surface area (Å²) in [7, 11) is -1.18. The number of fused-ring (bicyclic) bond motifs is 2. The molecule has 4 nitrogen and oxygen atoms in total. The summed E-state index contributed by atoms with van der Waals surface area (Å²) >= 11 is 0. The zero-order chi connectivity index (χ0) is 12.0. The van der Waals surface area contributed by atoms with Crippen LogP contribution in [0.25, 0.3) is 11.8 Å². The van der Waals surface area contributed by atoms with Crippen LogP contribution >= 0.6 is 10.5 Å². The first kappa shape index (κ1) is 10.2. The van der Waals surface area contributed by atoms with Crippen molar-refractivity contribution in [3.05, 3.63) is 39.8 Å². The second-order valence-corrected chi connectivity index (χ2v) is 5.62. The Hall–Kier alpha value is -2.01. The van der Waals surface area contributed by atoms with Crippen molar-refractivity contribution >= 4 is 32.6 Å². The molecule has 0 amide bonds. The fraction of sp³-hybridized carbons (Fsp3) is 0.0833. The van der Waals surface area contributed by atoms with E-state index in [4.69, 9.17) is 10.5 Å². The summed E-state index contributed by atoms with van der Waals surface area (Å²) in [6.07, 6.45) is 7.97. The minimum absolute atomic E-state index is 0.332. The molecule has 3 rings (SSSR count). The van der Waals surface area contributed by atoms with Gasteiger partial charge in [0.15, 0.2) is 6.26 Å². The quantitative estimate of drug-likeness (QED) is 0.707. The van der Waals surface area contributed by atoms with E-state index in [-0.39, 0.29) is 0 Å². The SMILES string of the molecule is Nc1cc2c([s+]1C(=O)[O-])=COC1=CC=CCC=21. The topological polar surface area (TPSA) is 75.4 Å². The van der Waals surface area contributed by atoms with Gasteiger partial charge in [-0.15, -0.1) is 0 Å². The molecule has 17 heavy (non-hydrogen) atoms. The predicted molar refractivity (Wildman–Crippen MR) is 64.2 cm³/mol. The summed E-state index contributed by atoms with van der Waals surface area (Å²) in [6.45, 7) is 0. The van der Waals surface area contributed by atoms with Crippen molar-refractivity contribution in [3.8, 4) is 0 Å². The van der Waals surface area contributed by atoms with E-state index >= 15 is 0 Å². The van der Waals surface area contributed by atoms with Gasteiger partial charge in [-0.3, -0.25) is 0 Å². The minimum atomic E-state index is -1.18. The first-order chi connectivity index (χ1) is 8.18. The fourth-order valence-corrected chi connectivity index (χ4v) is 3.46. The Morgan fingerprint density at radius 1 is 1.53 bits per heavy atom. The van der Waals surface area contributed by atoms with E-state index < -0.39 is 15.8 Å². The number of carbonyl (C=O) groups excluding carboxylic acids is 1. The molecule has 1 aromatic heterocycles. The number of thiophene rings is 1. The van der Waals surface area contributed by atoms with Gasteiger partial charge in [0.1, 0.15) is 5.76 Å². The molecule has 0 saturated heterocycles. The van der Waals surface area contributed by atoms with E-state index in [0.29, 0.717) is 9.53 Å². The first-order valence-corrected chi connectivity index (χ1v) is 6.31. The number of anilines is 1. The molecule has 0 saturated carbocycles. The maximum absolute atomic E-state index is 11.1. The lowest BCUT2D eigenvalue weighted by Crippen LogP contribution is -2.31. The van der Waals surface area contributed by atoms with Crippen molar-refractivity contribution < 1.29 is 14.6 Å². The van der Waals surface area contributed by atoms with E-state index in [1.807, 2.05) is 18.2 Å². The predicted octanol–water partition coefficient (Wildman–Crippen LogP) is -0.0280. The Labute approximate surface area is 99.6 Å². The Kier molecular flexibility index (Phi) is 2.09. The van der Waals surface area contributed by atoms with E-state index in [0.717, 1.165) is 23.0 Å². The standard InChI is InChI=1S/C12H9NO3S/c13-11-5-8-7-3-1-2-4-9(7)16-6-10(8)17(11)12(14)15/h1-2,4-6H,3,13H2. The molecule has 0 spiro atoms. The number of hydrogen-bond donors (Lipinski definition) is 1. The number of carboxylic acid groups (broad SMARTS) is 1. The summed E-state index contributed by atoms with van der Waals surface area (Å²) in [5, 5.41) is 11.1. The molecule has 0 aromatic carbocycles. The van der Waals surface area contributed by atoms with Gasteiger partial charge in [-0.25, -0.2) is 0 Å². The molecule has 2 heterocycles. The third-order valence-electron chi connectivity index (χ3n) is 2.80. The molecular weight excluding hydrogens is 238 g/mol. The number of rotatable bonds is 1. The number of ether oxygens (including phenoxy) is 1. The Balaban J connectivity index is 2.41. The molecule has 1 aliphatic carbocycles. The van der Waals surface area contributed by atoms with Crippen molar-refractivity contribution in [1.82, 2.24) is 0 Å². The molecule has 1 atom stereocenters. The van der Waals surface area contributed by atoms with Crippen LogP contribution in [0, 0.1) is 0 Å². The van der Waals surface area contributed by atoms with Crippen LogP contribution in [0.5, 0.6) is 0 Å². The van der Waals surface area contributed by atoms with Gasteiger partial charge in [0.2, 0.25) is 9.53 Å². The van der Waals surface area contributed by atoms with Crippen molar-refractivity contribution in [2.24, 2.45) is 0 Å². The van der Waals surface area contributed by atoms with Crippen LogP contribution in [0.4, 0.5) is 9.80 Å². The van der Waals surface area contributed by atoms with Gasteiger partial charge in [0.05, 0.1) is 15.7 Å². The van der Waals surface area contributed by atoms with Gasteiger partial charge in [-0.2, -0.15) is 0 Å². The molecular formula is C12H9NO3S. The molecule has 0 bridgehead atoms. The molecule has 2 aliphatic rings. The molecule has 1 aromatic rings. The van der Waals surface area contributed by atoms with Gasteiger partial charge < -0.3 is 20.4 Å². The number of hydrogen-bond acceptors (Lipinski definition) is 4. The van der Waals surface area contributed by atoms with Crippen LogP contribution in [-0.4, -0.2) is 5.30 Å². The summed E-state index contributed by atoms with van der Waals surface area (Å²) in [4.78, 5) is 11.1. The average Bonchev–Trinajstić information content (AvgIpc) is 2.65. The number of carbonyl (C=O) groups is 1. The smallest absolute Gasteiger partial charge is 0.303 e. The summed E-state index contributed by atoms with van der Waals surface area (Å²) in [5.41, 5.74) is 6.74. The largest absolute Gasteiger partial charge is 0.500 e. The lowest BCUT2D eigenvalue weighted by Gasteiger charge is -2.13. The lowest BCUT2D eigenvalue weighted by atomic mass is 10.0. The summed E-state index contributed by atoms with van der Waals surface area (Å²) < 4.78 is 6.06. The van der Waals surface area contributed by atoms with E-state index in [2.05, 4.69) is 0 Å². The zero-order valence-corrected chi connectivity index (χ0v) is 9.62. The number of allylic oxidation sites excluding steroid dienone is 4. The normalized spacial score (nSPS) is 17.5. The monoisotopic (exact) mass is 247 g/mol. The highest BCUT2D eigenvalue weighted by molar-refractivity contribution is 7.51. The van der Waals surface area contributed by atoms with Crippen LogP contribution in [0.1, 0.15) is 6.42 Å². The van der Waals surface area contributed by atoms with E-state index in [1.54, 1.807) is 6.07 Å². The fourth-order valence-electron chi connectivity index (χ4n) is 2.06. The molecule has 0 fully saturated rings. The average molecular weight is 247 g/mol. The Morgan fingerprint density at radius 3 is 3.12 bits per heavy atom. The second-order valence-electron chi connectivity index (χ2n) is 3.76. The highest BCUT2D eigenvalue weighted by Gasteiger charge is 2.25. The van der Waals surface area contributed by atoms with Crippen LogP contribution in [0.15, 0.2) is 30.1 Å². The molecule has 86 valence electrons.